The van der Waals surface area contributed by atoms with E-state index in [-0.39, 0.29) is 11.7 Å². The number of methoxy groups -OCH3 is 1. The van der Waals surface area contributed by atoms with Gasteiger partial charge in [-0.25, -0.2) is 0 Å². The number of anilines is 1. The number of aromatic nitrogens is 1. The van der Waals surface area contributed by atoms with Gasteiger partial charge < -0.3 is 15.3 Å². The molecule has 1 heterocycles. The topological polar surface area (TPSA) is 65.3 Å². The summed E-state index contributed by atoms with van der Waals surface area (Å²) in [4.78, 5) is 11.8. The number of hydrogen-bond acceptors (Lipinski definition) is 4. The van der Waals surface area contributed by atoms with Gasteiger partial charge in [0.15, 0.2) is 6.20 Å². The van der Waals surface area contributed by atoms with Crippen LogP contribution in [0.1, 0.15) is 0 Å². The number of pyridine rings is 1. The Hall–Kier alpha value is -2.21. The first-order chi connectivity index (χ1) is 9.69. The fourth-order valence-corrected chi connectivity index (χ4v) is 2.25. The van der Waals surface area contributed by atoms with Crippen molar-refractivity contribution in [3.05, 3.63) is 53.9 Å². The Labute approximate surface area is 121 Å². The van der Waals surface area contributed by atoms with Crippen molar-refractivity contribution in [3.63, 3.8) is 0 Å². The molecule has 0 saturated heterocycles. The molecule has 20 heavy (non-hydrogen) atoms. The SMILES string of the molecule is COc1ccc(NC(=O)CSc2cccc[n+]2[O-])cc1. The number of thioether (sulfide) groups is 1. The summed E-state index contributed by atoms with van der Waals surface area (Å²) < 4.78 is 5.78. The number of carbonyl (C=O) groups is 1. The van der Waals surface area contributed by atoms with Crippen LogP contribution in [0.15, 0.2) is 53.7 Å². The van der Waals surface area contributed by atoms with Crippen LogP contribution in [-0.4, -0.2) is 18.8 Å². The zero-order valence-electron chi connectivity index (χ0n) is 10.9. The van der Waals surface area contributed by atoms with Gasteiger partial charge in [-0.2, -0.15) is 4.73 Å². The fourth-order valence-electron chi connectivity index (χ4n) is 1.54. The highest BCUT2D eigenvalue weighted by molar-refractivity contribution is 7.99. The van der Waals surface area contributed by atoms with Crippen LogP contribution in [0.3, 0.4) is 0 Å². The molecule has 0 spiro atoms. The molecule has 6 heteroatoms. The predicted molar refractivity (Wildman–Crippen MR) is 77.7 cm³/mol. The number of amides is 1. The standard InChI is InChI=1S/C14H14N2O3S/c1-19-12-7-5-11(6-8-12)15-13(17)10-20-14-4-2-3-9-16(14)18/h2-9H,10H2,1H3,(H,15,17). The Bertz CT molecular complexity index is 587. The van der Waals surface area contributed by atoms with Crippen molar-refractivity contribution in [2.45, 2.75) is 5.03 Å². The average Bonchev–Trinajstić information content (AvgIpc) is 2.47. The number of nitrogens with one attached hydrogen (secondary N) is 1. The van der Waals surface area contributed by atoms with Crippen molar-refractivity contribution >= 4 is 23.4 Å². The summed E-state index contributed by atoms with van der Waals surface area (Å²) in [6.45, 7) is 0. The van der Waals surface area contributed by atoms with Crippen LogP contribution in [0.2, 0.25) is 0 Å². The fraction of sp³-hybridized carbons (Fsp3) is 0.143. The summed E-state index contributed by atoms with van der Waals surface area (Å²) in [6.07, 6.45) is 1.41. The lowest BCUT2D eigenvalue weighted by molar-refractivity contribution is -0.645. The first kappa shape index (κ1) is 14.2. The second-order valence-electron chi connectivity index (χ2n) is 3.93. The normalized spacial score (nSPS) is 10.1. The molecule has 0 unspecified atom stereocenters. The Morgan fingerprint density at radius 3 is 2.70 bits per heavy atom. The van der Waals surface area contributed by atoms with E-state index < -0.39 is 0 Å². The molecule has 0 bridgehead atoms. The minimum atomic E-state index is -0.163. The molecule has 2 rings (SSSR count). The van der Waals surface area contributed by atoms with E-state index in [0.717, 1.165) is 10.5 Å². The second kappa shape index (κ2) is 6.81. The van der Waals surface area contributed by atoms with Crippen LogP contribution < -0.4 is 14.8 Å². The maximum atomic E-state index is 11.8. The molecule has 5 nitrogen and oxygen atoms in total. The second-order valence-corrected chi connectivity index (χ2v) is 4.93. The third-order valence-corrected chi connectivity index (χ3v) is 3.53. The molecule has 0 aliphatic heterocycles. The average molecular weight is 290 g/mol. The van der Waals surface area contributed by atoms with E-state index >= 15 is 0 Å². The predicted octanol–water partition coefficient (Wildman–Crippen LogP) is 2.06. The summed E-state index contributed by atoms with van der Waals surface area (Å²) >= 11 is 1.20. The van der Waals surface area contributed by atoms with E-state index in [9.17, 15) is 10.0 Å². The number of rotatable bonds is 5. The van der Waals surface area contributed by atoms with E-state index in [1.54, 1.807) is 49.6 Å². The molecule has 1 aromatic heterocycles. The lowest BCUT2D eigenvalue weighted by Crippen LogP contribution is -2.28. The van der Waals surface area contributed by atoms with Crippen LogP contribution in [0.25, 0.3) is 0 Å². The zero-order chi connectivity index (χ0) is 14.4. The van der Waals surface area contributed by atoms with E-state index in [2.05, 4.69) is 5.32 Å². The number of hydrogen-bond donors (Lipinski definition) is 1. The highest BCUT2D eigenvalue weighted by Crippen LogP contribution is 2.16. The van der Waals surface area contributed by atoms with Gasteiger partial charge in [0.2, 0.25) is 5.91 Å². The third-order valence-electron chi connectivity index (χ3n) is 2.51. The Kier molecular flexibility index (Phi) is 4.84. The van der Waals surface area contributed by atoms with Crippen molar-refractivity contribution in [1.29, 1.82) is 0 Å². The molecule has 1 aromatic carbocycles. The van der Waals surface area contributed by atoms with Crippen LogP contribution in [0.5, 0.6) is 5.75 Å². The van der Waals surface area contributed by atoms with E-state index in [0.29, 0.717) is 10.7 Å². The van der Waals surface area contributed by atoms with Crippen molar-refractivity contribution in [3.8, 4) is 5.75 Å². The first-order valence-corrected chi connectivity index (χ1v) is 6.92. The van der Waals surface area contributed by atoms with Gasteiger partial charge in [0.1, 0.15) is 5.75 Å². The van der Waals surface area contributed by atoms with E-state index in [4.69, 9.17) is 4.74 Å². The van der Waals surface area contributed by atoms with E-state index in [1.165, 1.54) is 18.0 Å². The Morgan fingerprint density at radius 1 is 1.30 bits per heavy atom. The van der Waals surface area contributed by atoms with Gasteiger partial charge in [-0.15, -0.1) is 0 Å². The third kappa shape index (κ3) is 3.89. The summed E-state index contributed by atoms with van der Waals surface area (Å²) in [7, 11) is 1.59. The van der Waals surface area contributed by atoms with Crippen molar-refractivity contribution in [2.24, 2.45) is 0 Å². The quantitative estimate of drug-likeness (QED) is 0.520. The van der Waals surface area contributed by atoms with Crippen LogP contribution in [0.4, 0.5) is 5.69 Å². The van der Waals surface area contributed by atoms with Gasteiger partial charge >= 0.3 is 0 Å². The summed E-state index contributed by atoms with van der Waals surface area (Å²) in [5, 5.41) is 14.7. The van der Waals surface area contributed by atoms with Gasteiger partial charge in [0.05, 0.1) is 12.9 Å². The molecule has 0 radical (unpaired) electrons. The first-order valence-electron chi connectivity index (χ1n) is 5.94. The number of ether oxygens (including phenoxy) is 1. The lowest BCUT2D eigenvalue weighted by atomic mass is 10.3. The molecule has 1 N–H and O–H groups in total. The Morgan fingerprint density at radius 2 is 2.05 bits per heavy atom. The molecule has 0 aliphatic rings. The maximum Gasteiger partial charge on any atom is 0.251 e. The molecular weight excluding hydrogens is 276 g/mol. The highest BCUT2D eigenvalue weighted by Gasteiger charge is 2.09. The largest absolute Gasteiger partial charge is 0.618 e. The molecule has 0 fully saturated rings. The van der Waals surface area contributed by atoms with Crippen molar-refractivity contribution < 1.29 is 14.3 Å². The van der Waals surface area contributed by atoms with Gasteiger partial charge in [-0.3, -0.25) is 4.79 Å². The Balaban J connectivity index is 1.87. The summed E-state index contributed by atoms with van der Waals surface area (Å²) in [5.74, 6) is 0.747. The minimum absolute atomic E-state index is 0.163. The number of benzene rings is 1. The molecule has 0 saturated carbocycles. The van der Waals surface area contributed by atoms with Gasteiger partial charge in [-0.05, 0) is 42.1 Å². The molecule has 0 atom stereocenters. The van der Waals surface area contributed by atoms with Gasteiger partial charge in [0.25, 0.3) is 5.03 Å². The zero-order valence-corrected chi connectivity index (χ0v) is 11.7. The maximum absolute atomic E-state index is 11.8. The highest BCUT2D eigenvalue weighted by atomic mass is 32.2. The van der Waals surface area contributed by atoms with Crippen LogP contribution >= 0.6 is 11.8 Å². The summed E-state index contributed by atoms with van der Waals surface area (Å²) in [5.41, 5.74) is 0.694. The monoisotopic (exact) mass is 290 g/mol. The molecule has 104 valence electrons. The van der Waals surface area contributed by atoms with Gasteiger partial charge in [-0.1, -0.05) is 0 Å². The van der Waals surface area contributed by atoms with Crippen molar-refractivity contribution in [1.82, 2.24) is 0 Å². The van der Waals surface area contributed by atoms with Gasteiger partial charge in [0, 0.05) is 17.8 Å². The summed E-state index contributed by atoms with van der Waals surface area (Å²) in [6, 6.07) is 12.2. The van der Waals surface area contributed by atoms with Crippen LogP contribution in [-0.2, 0) is 4.79 Å². The van der Waals surface area contributed by atoms with E-state index in [1.807, 2.05) is 0 Å². The number of nitrogens with zero attached hydrogens (tertiary/aromatic N) is 1. The minimum Gasteiger partial charge on any atom is -0.618 e. The van der Waals surface area contributed by atoms with Crippen LogP contribution in [0, 0.1) is 5.21 Å². The lowest BCUT2D eigenvalue weighted by Gasteiger charge is -2.06. The molecule has 1 amide bonds. The smallest absolute Gasteiger partial charge is 0.251 e. The number of carbonyl (C=O) groups excluding carboxylic acids is 1. The molecular formula is C14H14N2O3S. The molecule has 2 aromatic rings. The molecule has 0 aliphatic carbocycles. The van der Waals surface area contributed by atoms with Crippen molar-refractivity contribution in [2.75, 3.05) is 18.2 Å².